The monoisotopic (exact) mass is 256 g/mol. The number of hydrogen-bond acceptors (Lipinski definition) is 5. The van der Waals surface area contributed by atoms with E-state index in [0.29, 0.717) is 17.4 Å². The maximum absolute atomic E-state index is 5.96. The van der Waals surface area contributed by atoms with E-state index in [1.54, 1.807) is 6.20 Å². The molecule has 6 heteroatoms. The van der Waals surface area contributed by atoms with Crippen molar-refractivity contribution in [3.05, 3.63) is 17.5 Å². The highest BCUT2D eigenvalue weighted by atomic mass is 35.5. The first-order valence-electron chi connectivity index (χ1n) is 5.83. The third-order valence-electron chi connectivity index (χ3n) is 2.83. The van der Waals surface area contributed by atoms with Gasteiger partial charge in [0.05, 0.1) is 18.9 Å². The number of rotatable bonds is 4. The first kappa shape index (κ1) is 12.5. The van der Waals surface area contributed by atoms with Crippen molar-refractivity contribution < 1.29 is 4.74 Å². The van der Waals surface area contributed by atoms with Gasteiger partial charge < -0.3 is 10.1 Å². The normalized spacial score (nSPS) is 21.4. The van der Waals surface area contributed by atoms with Crippen LogP contribution in [-0.2, 0) is 4.74 Å². The van der Waals surface area contributed by atoms with Gasteiger partial charge in [0.25, 0.3) is 0 Å². The number of morpholine rings is 1. The van der Waals surface area contributed by atoms with Crippen molar-refractivity contribution in [2.45, 2.75) is 13.0 Å². The highest BCUT2D eigenvalue weighted by Gasteiger charge is 2.19. The number of nitrogens with zero attached hydrogens (tertiary/aromatic N) is 3. The summed E-state index contributed by atoms with van der Waals surface area (Å²) in [4.78, 5) is 10.3. The van der Waals surface area contributed by atoms with E-state index < -0.39 is 0 Å². The minimum absolute atomic E-state index is 0.190. The smallest absolute Gasteiger partial charge is 0.148 e. The number of nitrogens with one attached hydrogen (secondary N) is 1. The second-order valence-electron chi connectivity index (χ2n) is 3.99. The summed E-state index contributed by atoms with van der Waals surface area (Å²) in [5.41, 5.74) is 0. The van der Waals surface area contributed by atoms with Crippen molar-refractivity contribution in [1.82, 2.24) is 14.9 Å². The average Bonchev–Trinajstić information content (AvgIpc) is 2.38. The minimum atomic E-state index is 0.190. The molecule has 1 unspecified atom stereocenters. The van der Waals surface area contributed by atoms with Gasteiger partial charge in [-0.15, -0.1) is 0 Å². The zero-order valence-electron chi connectivity index (χ0n) is 9.90. The Morgan fingerprint density at radius 3 is 3.29 bits per heavy atom. The molecule has 17 heavy (non-hydrogen) atoms. The second-order valence-corrected chi connectivity index (χ2v) is 4.39. The van der Waals surface area contributed by atoms with E-state index in [-0.39, 0.29) is 6.10 Å². The molecule has 0 saturated carbocycles. The van der Waals surface area contributed by atoms with Crippen molar-refractivity contribution in [3.8, 4) is 0 Å². The highest BCUT2D eigenvalue weighted by Crippen LogP contribution is 2.16. The van der Waals surface area contributed by atoms with Gasteiger partial charge in [-0.1, -0.05) is 18.5 Å². The van der Waals surface area contributed by atoms with Gasteiger partial charge in [-0.2, -0.15) is 0 Å². The first-order chi connectivity index (χ1) is 8.29. The van der Waals surface area contributed by atoms with Crippen molar-refractivity contribution in [3.63, 3.8) is 0 Å². The number of ether oxygens (including phenoxy) is 1. The molecule has 1 aliphatic heterocycles. The molecule has 1 N–H and O–H groups in total. The third kappa shape index (κ3) is 3.52. The Balaban J connectivity index is 1.84. The zero-order chi connectivity index (χ0) is 12.1. The van der Waals surface area contributed by atoms with E-state index in [4.69, 9.17) is 16.3 Å². The quantitative estimate of drug-likeness (QED) is 0.879. The highest BCUT2D eigenvalue weighted by molar-refractivity contribution is 6.32. The van der Waals surface area contributed by atoms with Crippen molar-refractivity contribution in [2.75, 3.05) is 38.1 Å². The largest absolute Gasteiger partial charge is 0.374 e. The molecule has 1 aromatic heterocycles. The maximum Gasteiger partial charge on any atom is 0.148 e. The minimum Gasteiger partial charge on any atom is -0.374 e. The van der Waals surface area contributed by atoms with E-state index in [2.05, 4.69) is 27.1 Å². The van der Waals surface area contributed by atoms with E-state index in [1.807, 2.05) is 0 Å². The fourth-order valence-electron chi connectivity index (χ4n) is 1.84. The summed E-state index contributed by atoms with van der Waals surface area (Å²) < 4.78 is 5.68. The summed E-state index contributed by atoms with van der Waals surface area (Å²) in [6, 6.07) is 0. The van der Waals surface area contributed by atoms with Crippen LogP contribution in [0.15, 0.2) is 12.5 Å². The van der Waals surface area contributed by atoms with Gasteiger partial charge in [-0.05, 0) is 6.54 Å². The molecule has 2 heterocycles. The van der Waals surface area contributed by atoms with Gasteiger partial charge in [0, 0.05) is 19.6 Å². The van der Waals surface area contributed by atoms with Gasteiger partial charge >= 0.3 is 0 Å². The molecule has 0 radical (unpaired) electrons. The Hall–Kier alpha value is -0.910. The Morgan fingerprint density at radius 1 is 1.65 bits per heavy atom. The lowest BCUT2D eigenvalue weighted by molar-refractivity contribution is -0.0192. The van der Waals surface area contributed by atoms with Crippen molar-refractivity contribution in [1.29, 1.82) is 0 Å². The van der Waals surface area contributed by atoms with Gasteiger partial charge in [0.15, 0.2) is 0 Å². The molecular formula is C11H17ClN4O. The summed E-state index contributed by atoms with van der Waals surface area (Å²) in [7, 11) is 0. The molecule has 0 spiro atoms. The molecule has 0 amide bonds. The topological polar surface area (TPSA) is 50.3 Å². The van der Waals surface area contributed by atoms with E-state index in [1.165, 1.54) is 6.33 Å². The second kappa shape index (κ2) is 6.14. The molecule has 2 rings (SSSR count). The van der Waals surface area contributed by atoms with Gasteiger partial charge in [-0.25, -0.2) is 9.97 Å². The van der Waals surface area contributed by atoms with Gasteiger partial charge in [0.2, 0.25) is 0 Å². The molecule has 94 valence electrons. The summed E-state index contributed by atoms with van der Waals surface area (Å²) in [5.74, 6) is 0.666. The van der Waals surface area contributed by atoms with Gasteiger partial charge in [-0.3, -0.25) is 4.90 Å². The maximum atomic E-state index is 5.96. The van der Waals surface area contributed by atoms with Crippen LogP contribution < -0.4 is 5.32 Å². The summed E-state index contributed by atoms with van der Waals surface area (Å²) in [6.07, 6.45) is 3.25. The van der Waals surface area contributed by atoms with E-state index in [0.717, 1.165) is 26.2 Å². The van der Waals surface area contributed by atoms with Crippen LogP contribution in [0.4, 0.5) is 5.82 Å². The number of hydrogen-bond donors (Lipinski definition) is 1. The predicted molar refractivity (Wildman–Crippen MR) is 67.4 cm³/mol. The molecule has 1 atom stereocenters. The molecular weight excluding hydrogens is 240 g/mol. The fourth-order valence-corrected chi connectivity index (χ4v) is 2.02. The number of halogens is 1. The average molecular weight is 257 g/mol. The molecule has 1 aliphatic rings. The van der Waals surface area contributed by atoms with Crippen molar-refractivity contribution in [2.24, 2.45) is 0 Å². The molecule has 1 fully saturated rings. The molecule has 0 aromatic carbocycles. The molecule has 5 nitrogen and oxygen atoms in total. The predicted octanol–water partition coefficient (Wildman–Crippen LogP) is 1.26. The van der Waals surface area contributed by atoms with E-state index in [9.17, 15) is 0 Å². The lowest BCUT2D eigenvalue weighted by Crippen LogP contribution is -2.45. The fraction of sp³-hybridized carbons (Fsp3) is 0.636. The van der Waals surface area contributed by atoms with E-state index >= 15 is 0 Å². The number of aromatic nitrogens is 2. The van der Waals surface area contributed by atoms with Crippen LogP contribution in [-0.4, -0.2) is 53.8 Å². The van der Waals surface area contributed by atoms with Crippen LogP contribution in [0.1, 0.15) is 6.92 Å². The summed E-state index contributed by atoms with van der Waals surface area (Å²) in [6.45, 7) is 6.70. The van der Waals surface area contributed by atoms with Crippen LogP contribution in [0.3, 0.4) is 0 Å². The molecule has 1 aromatic rings. The lowest BCUT2D eigenvalue weighted by Gasteiger charge is -2.32. The molecule has 1 saturated heterocycles. The summed E-state index contributed by atoms with van der Waals surface area (Å²) in [5, 5.41) is 3.73. The zero-order valence-corrected chi connectivity index (χ0v) is 10.7. The summed E-state index contributed by atoms with van der Waals surface area (Å²) >= 11 is 5.96. The van der Waals surface area contributed by atoms with Gasteiger partial charge in [0.1, 0.15) is 17.2 Å². The lowest BCUT2D eigenvalue weighted by atomic mass is 10.2. The van der Waals surface area contributed by atoms with Crippen LogP contribution in [0.2, 0.25) is 5.02 Å². The van der Waals surface area contributed by atoms with Crippen LogP contribution in [0.5, 0.6) is 0 Å². The van der Waals surface area contributed by atoms with Crippen LogP contribution in [0.25, 0.3) is 0 Å². The Morgan fingerprint density at radius 2 is 2.53 bits per heavy atom. The Bertz CT molecular complexity index is 363. The van der Waals surface area contributed by atoms with Crippen LogP contribution in [0, 0.1) is 0 Å². The number of anilines is 1. The molecule has 0 bridgehead atoms. The van der Waals surface area contributed by atoms with Crippen LogP contribution >= 0.6 is 11.6 Å². The number of likely N-dealkylation sites (N-methyl/N-ethyl adjacent to an activating group) is 1. The third-order valence-corrected chi connectivity index (χ3v) is 3.11. The Labute approximate surface area is 106 Å². The van der Waals surface area contributed by atoms with Crippen molar-refractivity contribution >= 4 is 17.4 Å². The first-order valence-corrected chi connectivity index (χ1v) is 6.20. The standard InChI is InChI=1S/C11H17ClN4O/c1-2-16-3-4-17-9(7-16)5-14-11-10(12)6-13-8-15-11/h6,8-9H,2-5,7H2,1H3,(H,13,14,15). The SMILES string of the molecule is CCN1CCOC(CNc2ncncc2Cl)C1. The molecule has 0 aliphatic carbocycles. The Kier molecular flexibility index (Phi) is 4.53.